The zero-order valence-corrected chi connectivity index (χ0v) is 49.2. The van der Waals surface area contributed by atoms with Crippen molar-refractivity contribution >= 4 is 58.1 Å². The molecule has 0 spiro atoms. The molecule has 4 aromatic rings. The molecule has 3 aromatic heterocycles. The Morgan fingerprint density at radius 1 is 0.929 bits per heavy atom. The first kappa shape index (κ1) is 62.0. The Bertz CT molecular complexity index is 3220. The third-order valence-corrected chi connectivity index (χ3v) is 16.7. The fourth-order valence-electron chi connectivity index (χ4n) is 11.7. The number of phenols is 1. The molecule has 3 atom stereocenters. The highest BCUT2D eigenvalue weighted by Crippen LogP contribution is 2.43. The molecule has 3 amide bonds. The summed E-state index contributed by atoms with van der Waals surface area (Å²) in [6.07, 6.45) is 9.52. The minimum Gasteiger partial charge on any atom is -0.508 e. The maximum absolute atomic E-state index is 14.2. The van der Waals surface area contributed by atoms with Gasteiger partial charge in [0.2, 0.25) is 11.5 Å². The first-order valence-corrected chi connectivity index (χ1v) is 29.8. The zero-order chi connectivity index (χ0) is 61.5. The van der Waals surface area contributed by atoms with Crippen molar-refractivity contribution in [1.29, 1.82) is 0 Å². The van der Waals surface area contributed by atoms with Crippen LogP contribution >= 0.6 is 0 Å². The molecule has 3 unspecified atom stereocenters. The number of hydrogen-bond donors (Lipinski definition) is 3. The molecule has 1 saturated carbocycles. The number of rotatable bonds is 33. The van der Waals surface area contributed by atoms with Crippen molar-refractivity contribution in [1.82, 2.24) is 40.1 Å². The SMILES string of the molecule is [3H]CCNCCCCC(CC(=O)COCC(=O)CCCOCCn1cc(CCC(=O)C2CCC(CN3C(=O)C=CC3=O)CC2)nn1)C(=O)NC(COC(=O)OC1(CC)C(=O)OCc2c1cc1n(c2=O)Cc2c-1nc1ccc(O)cc1c2CC)C(C)C. The molecule has 8 rings (SSSR count). The van der Waals surface area contributed by atoms with Gasteiger partial charge in [0.25, 0.3) is 17.4 Å². The number of nitrogens with one attached hydrogen (secondary N) is 2. The second-order valence-electron chi connectivity index (χ2n) is 22.8. The van der Waals surface area contributed by atoms with Crippen molar-refractivity contribution in [2.45, 2.75) is 156 Å². The summed E-state index contributed by atoms with van der Waals surface area (Å²) in [6, 6.07) is 5.79. The molecule has 0 saturated heterocycles. The average Bonchev–Trinajstić information content (AvgIpc) is 1.46. The third-order valence-electron chi connectivity index (χ3n) is 16.7. The third kappa shape index (κ3) is 15.7. The number of Topliss-reactive ketones (excluding diaryl/α,β-unsaturated/α-hetero) is 3. The highest BCUT2D eigenvalue weighted by molar-refractivity contribution is 6.12. The van der Waals surface area contributed by atoms with E-state index < -0.39 is 41.2 Å². The summed E-state index contributed by atoms with van der Waals surface area (Å²) in [5, 5.41) is 25.5. The van der Waals surface area contributed by atoms with E-state index in [0.29, 0.717) is 107 Å². The van der Waals surface area contributed by atoms with E-state index in [1.54, 1.807) is 40.6 Å². The van der Waals surface area contributed by atoms with Gasteiger partial charge in [0.1, 0.15) is 38.0 Å². The van der Waals surface area contributed by atoms with Crippen LogP contribution in [0.25, 0.3) is 22.3 Å². The number of aryl methyl sites for hydroxylation is 2. The highest BCUT2D eigenvalue weighted by atomic mass is 16.7. The number of ketones is 3. The Balaban J connectivity index is 0.761. The van der Waals surface area contributed by atoms with Gasteiger partial charge in [-0.15, -0.1) is 5.10 Å². The van der Waals surface area contributed by atoms with E-state index in [-0.39, 0.29) is 123 Å². The normalized spacial score (nSPS) is 18.9. The maximum atomic E-state index is 14.2. The maximum Gasteiger partial charge on any atom is 0.509 e. The van der Waals surface area contributed by atoms with Crippen molar-refractivity contribution < 1.29 is 68.5 Å². The molecule has 4 aliphatic rings. The molecule has 1 aromatic carbocycles. The fourth-order valence-corrected chi connectivity index (χ4v) is 11.7. The summed E-state index contributed by atoms with van der Waals surface area (Å²) in [4.78, 5) is 125. The van der Waals surface area contributed by atoms with E-state index in [9.17, 15) is 48.3 Å². The number of imide groups is 1. The van der Waals surface area contributed by atoms with Gasteiger partial charge >= 0.3 is 12.1 Å². The van der Waals surface area contributed by atoms with Crippen LogP contribution in [0.15, 0.2) is 47.4 Å². The second kappa shape index (κ2) is 29.5. The van der Waals surface area contributed by atoms with E-state index >= 15 is 0 Å². The van der Waals surface area contributed by atoms with Crippen LogP contribution in [-0.4, -0.2) is 140 Å². The Kier molecular flexibility index (Phi) is 21.6. The standard InChI is InChI=1S/C62H80N8O15/c1-6-46-47-29-43(71)19-20-51(47)64-57-48(46)33-69-53(57)30-50-49(59(69)78)36-83-60(79)62(50,7-2)85-61(80)84-37-52(38(4)5)65-58(77)41(12-9-10-24-63-8-3)28-45(73)35-82-34-44(72)13-11-26-81-27-25-68-32-42(66-67-68)18-21-54(74)40-16-14-39(15-17-40)31-70-55(75)22-23-56(70)76/h19-20,22-23,29-30,32,38-41,52,63,71H,6-18,21,24-28,31,33-37H2,1-5H3,(H,65,77)/i3T. The molecular weight excluding hydrogens is 1100 g/mol. The van der Waals surface area contributed by atoms with Crippen molar-refractivity contribution in [3.8, 4) is 17.1 Å². The van der Waals surface area contributed by atoms with Gasteiger partial charge in [0.15, 0.2) is 11.6 Å². The molecule has 23 heteroatoms. The van der Waals surface area contributed by atoms with Crippen LogP contribution in [0.3, 0.4) is 0 Å². The minimum absolute atomic E-state index is 0.0428. The number of aromatic hydroxyl groups is 1. The number of carbonyl (C=O) groups is 8. The molecule has 3 N–H and O–H groups in total. The van der Waals surface area contributed by atoms with Crippen LogP contribution in [0.1, 0.15) is 141 Å². The summed E-state index contributed by atoms with van der Waals surface area (Å²) >= 11 is 0. The fraction of sp³-hybridized carbons (Fsp3) is 0.581. The van der Waals surface area contributed by atoms with Crippen LogP contribution in [0.2, 0.25) is 0 Å². The molecule has 0 radical (unpaired) electrons. The number of amides is 3. The molecule has 1 fully saturated rings. The van der Waals surface area contributed by atoms with Crippen molar-refractivity contribution in [2.75, 3.05) is 52.7 Å². The summed E-state index contributed by atoms with van der Waals surface area (Å²) in [6.45, 7) is 8.87. The molecular formula is C62H80N8O15. The van der Waals surface area contributed by atoms with Gasteiger partial charge in [-0.3, -0.25) is 38.5 Å². The Labute approximate surface area is 495 Å². The number of carbonyl (C=O) groups excluding carboxylic acids is 8. The molecule has 0 bridgehead atoms. The van der Waals surface area contributed by atoms with E-state index in [0.717, 1.165) is 42.2 Å². The number of ether oxygens (including phenoxy) is 5. The highest BCUT2D eigenvalue weighted by Gasteiger charge is 2.51. The molecule has 458 valence electrons. The van der Waals surface area contributed by atoms with Crippen LogP contribution in [0.5, 0.6) is 5.75 Å². The van der Waals surface area contributed by atoms with Crippen molar-refractivity contribution in [3.05, 3.63) is 80.9 Å². The summed E-state index contributed by atoms with van der Waals surface area (Å²) in [7, 11) is 0. The van der Waals surface area contributed by atoms with Crippen LogP contribution in [0.4, 0.5) is 4.79 Å². The molecule has 3 aliphatic heterocycles. The van der Waals surface area contributed by atoms with Gasteiger partial charge in [-0.05, 0) is 113 Å². The lowest BCUT2D eigenvalue weighted by molar-refractivity contribution is -0.175. The molecule has 23 nitrogen and oxygen atoms in total. The first-order valence-electron chi connectivity index (χ1n) is 30.5. The van der Waals surface area contributed by atoms with Crippen molar-refractivity contribution in [3.63, 3.8) is 0 Å². The predicted molar refractivity (Wildman–Crippen MR) is 309 cm³/mol. The minimum atomic E-state index is -2.05. The number of fused-ring (bicyclic) bond motifs is 5. The molecule has 1 aliphatic carbocycles. The van der Waals surface area contributed by atoms with Gasteiger partial charge < -0.3 is 44.0 Å². The van der Waals surface area contributed by atoms with Crippen molar-refractivity contribution in [2.24, 2.45) is 23.7 Å². The van der Waals surface area contributed by atoms with E-state index in [1.807, 2.05) is 20.8 Å². The van der Waals surface area contributed by atoms with Gasteiger partial charge in [0.05, 0.1) is 53.9 Å². The number of aromatic nitrogens is 5. The largest absolute Gasteiger partial charge is 0.509 e. The smallest absolute Gasteiger partial charge is 0.508 e. The topological polar surface area (TPSA) is 296 Å². The predicted octanol–water partition coefficient (Wildman–Crippen LogP) is 5.91. The summed E-state index contributed by atoms with van der Waals surface area (Å²) in [5.41, 5.74) is 1.84. The lowest BCUT2D eigenvalue weighted by atomic mass is 9.79. The van der Waals surface area contributed by atoms with Gasteiger partial charge in [0, 0.05) is 86.9 Å². The number of esters is 1. The summed E-state index contributed by atoms with van der Waals surface area (Å²) in [5.74, 6) is -3.13. The molecule has 85 heavy (non-hydrogen) atoms. The molecule has 6 heterocycles. The number of unbranched alkanes of at least 4 members (excludes halogenated alkanes) is 1. The number of cyclic esters (lactones) is 1. The number of pyridine rings is 2. The zero-order valence-electron chi connectivity index (χ0n) is 50.2. The number of hydrogen-bond acceptors (Lipinski definition) is 19. The average molecular weight is 1180 g/mol. The second-order valence-corrected chi connectivity index (χ2v) is 22.8. The quantitative estimate of drug-likeness (QED) is 0.0250. The Morgan fingerprint density at radius 3 is 2.45 bits per heavy atom. The van der Waals surface area contributed by atoms with E-state index in [1.165, 1.54) is 23.1 Å². The van der Waals surface area contributed by atoms with E-state index in [4.69, 9.17) is 30.0 Å². The van der Waals surface area contributed by atoms with Crippen LogP contribution in [0, 0.1) is 23.7 Å². The summed E-state index contributed by atoms with van der Waals surface area (Å²) < 4.78 is 38.9. The van der Waals surface area contributed by atoms with Crippen LogP contribution < -0.4 is 16.2 Å². The van der Waals surface area contributed by atoms with Gasteiger partial charge in [-0.1, -0.05) is 46.2 Å². The lowest BCUT2D eigenvalue weighted by Crippen LogP contribution is -2.48. The number of nitrogens with zero attached hydrogens (tertiary/aromatic N) is 6. The van der Waals surface area contributed by atoms with Gasteiger partial charge in [-0.25, -0.2) is 19.3 Å². The Hall–Kier alpha value is -7.50. The van der Waals surface area contributed by atoms with Gasteiger partial charge in [-0.2, -0.15) is 0 Å². The number of benzene rings is 1. The first-order chi connectivity index (χ1) is 41.4. The van der Waals surface area contributed by atoms with Crippen LogP contribution in [-0.2, 0) is 95.4 Å². The number of phenolic OH excluding ortho intramolecular Hbond substituents is 1. The monoisotopic (exact) mass is 1180 g/mol. The van der Waals surface area contributed by atoms with E-state index in [2.05, 4.69) is 20.9 Å². The lowest BCUT2D eigenvalue weighted by Gasteiger charge is -2.35. The Morgan fingerprint density at radius 2 is 1.71 bits per heavy atom.